The lowest BCUT2D eigenvalue weighted by Crippen LogP contribution is -2.15. The Labute approximate surface area is 63.0 Å². The third-order valence-electron chi connectivity index (χ3n) is 4.34. The van der Waals surface area contributed by atoms with Crippen LogP contribution in [0.1, 0.15) is 32.6 Å². The molecule has 0 amide bonds. The average Bonchev–Trinajstić information content (AvgIpc) is 2.51. The summed E-state index contributed by atoms with van der Waals surface area (Å²) < 4.78 is 0. The summed E-state index contributed by atoms with van der Waals surface area (Å²) >= 11 is 0. The van der Waals surface area contributed by atoms with E-state index < -0.39 is 0 Å². The highest BCUT2D eigenvalue weighted by Crippen LogP contribution is 2.67. The summed E-state index contributed by atoms with van der Waals surface area (Å²) in [6, 6.07) is 0. The second-order valence-electron chi connectivity index (χ2n) is 4.71. The van der Waals surface area contributed by atoms with Gasteiger partial charge in [-0.25, -0.2) is 0 Å². The molecule has 0 bridgehead atoms. The van der Waals surface area contributed by atoms with Crippen molar-refractivity contribution in [3.05, 3.63) is 0 Å². The van der Waals surface area contributed by atoms with Crippen molar-refractivity contribution in [2.24, 2.45) is 29.6 Å². The van der Waals surface area contributed by atoms with E-state index >= 15 is 0 Å². The molecule has 56 valence electrons. The zero-order valence-electron chi connectivity index (χ0n) is 6.72. The first-order valence-electron chi connectivity index (χ1n) is 4.88. The second-order valence-corrected chi connectivity index (χ2v) is 4.71. The van der Waals surface area contributed by atoms with E-state index in [1.54, 1.807) is 25.7 Å². The molecule has 5 unspecified atom stereocenters. The second kappa shape index (κ2) is 1.60. The molecule has 3 aliphatic rings. The fraction of sp³-hybridized carbons (Fsp3) is 1.00. The zero-order valence-corrected chi connectivity index (χ0v) is 6.72. The molecule has 3 aliphatic carbocycles. The maximum Gasteiger partial charge on any atom is -0.0321 e. The Morgan fingerprint density at radius 2 is 1.80 bits per heavy atom. The maximum atomic E-state index is 2.47. The maximum absolute atomic E-state index is 2.47. The monoisotopic (exact) mass is 136 g/mol. The van der Waals surface area contributed by atoms with Gasteiger partial charge in [0.15, 0.2) is 0 Å². The highest BCUT2D eigenvalue weighted by Gasteiger charge is 2.60. The number of hydrogen-bond acceptors (Lipinski definition) is 0. The molecule has 0 nitrogen and oxygen atoms in total. The first kappa shape index (κ1) is 5.62. The lowest BCUT2D eigenvalue weighted by molar-refractivity contribution is 0.254. The van der Waals surface area contributed by atoms with Crippen molar-refractivity contribution in [3.8, 4) is 0 Å². The van der Waals surface area contributed by atoms with Gasteiger partial charge in [-0.05, 0) is 48.9 Å². The molecule has 0 heterocycles. The van der Waals surface area contributed by atoms with Crippen LogP contribution in [0.4, 0.5) is 0 Å². The van der Waals surface area contributed by atoms with Crippen molar-refractivity contribution in [2.75, 3.05) is 0 Å². The first-order valence-corrected chi connectivity index (χ1v) is 4.88. The van der Waals surface area contributed by atoms with E-state index in [0.29, 0.717) is 0 Å². The predicted molar refractivity (Wildman–Crippen MR) is 41.6 cm³/mol. The average molecular weight is 136 g/mol. The van der Waals surface area contributed by atoms with Crippen molar-refractivity contribution in [2.45, 2.75) is 32.6 Å². The summed E-state index contributed by atoms with van der Waals surface area (Å²) in [4.78, 5) is 0. The minimum Gasteiger partial charge on any atom is -0.0622 e. The molecule has 10 heavy (non-hydrogen) atoms. The van der Waals surface area contributed by atoms with E-state index in [1.165, 1.54) is 23.7 Å². The van der Waals surface area contributed by atoms with Gasteiger partial charge in [0.25, 0.3) is 0 Å². The molecule has 0 saturated heterocycles. The largest absolute Gasteiger partial charge is 0.0622 e. The summed E-state index contributed by atoms with van der Waals surface area (Å²) in [6.45, 7) is 2.47. The normalized spacial score (nSPS) is 63.9. The van der Waals surface area contributed by atoms with Crippen LogP contribution in [0.25, 0.3) is 0 Å². The van der Waals surface area contributed by atoms with Crippen molar-refractivity contribution < 1.29 is 0 Å². The Morgan fingerprint density at radius 3 is 2.60 bits per heavy atom. The Morgan fingerprint density at radius 1 is 1.00 bits per heavy atom. The molecule has 0 heteroatoms. The van der Waals surface area contributed by atoms with Crippen LogP contribution < -0.4 is 0 Å². The molecule has 3 saturated carbocycles. The van der Waals surface area contributed by atoms with Gasteiger partial charge in [0.05, 0.1) is 0 Å². The van der Waals surface area contributed by atoms with E-state index in [1.807, 2.05) is 0 Å². The molecule has 0 aromatic rings. The van der Waals surface area contributed by atoms with Crippen LogP contribution in [0.2, 0.25) is 0 Å². The Bertz CT molecular complexity index is 161. The third-order valence-corrected chi connectivity index (χ3v) is 4.34. The highest BCUT2D eigenvalue weighted by atomic mass is 14.7. The molecule has 0 N–H and O–H groups in total. The van der Waals surface area contributed by atoms with Crippen molar-refractivity contribution in [3.63, 3.8) is 0 Å². The van der Waals surface area contributed by atoms with Gasteiger partial charge < -0.3 is 0 Å². The standard InChI is InChI=1S/C10H16/c1-6-5-9-8-4-2-3-7(6)10(8)9/h6-10H,2-5H2,1H3. The van der Waals surface area contributed by atoms with E-state index in [9.17, 15) is 0 Å². The van der Waals surface area contributed by atoms with Crippen LogP contribution in [-0.2, 0) is 0 Å². The number of fused-ring (bicyclic) bond motifs is 1. The van der Waals surface area contributed by atoms with E-state index in [2.05, 4.69) is 6.92 Å². The summed E-state index contributed by atoms with van der Waals surface area (Å²) in [5, 5.41) is 0. The summed E-state index contributed by atoms with van der Waals surface area (Å²) in [5.41, 5.74) is 0. The lowest BCUT2D eigenvalue weighted by Gasteiger charge is -2.25. The quantitative estimate of drug-likeness (QED) is 0.480. The molecule has 0 spiro atoms. The van der Waals surface area contributed by atoms with Crippen LogP contribution in [0.5, 0.6) is 0 Å². The number of hydrogen-bond donors (Lipinski definition) is 0. The smallest absolute Gasteiger partial charge is 0.0321 e. The zero-order chi connectivity index (χ0) is 6.72. The predicted octanol–water partition coefficient (Wildman–Crippen LogP) is 2.69. The Balaban J connectivity index is 1.88. The van der Waals surface area contributed by atoms with E-state index in [0.717, 1.165) is 5.92 Å². The topological polar surface area (TPSA) is 0 Å². The molecular weight excluding hydrogens is 120 g/mol. The first-order chi connectivity index (χ1) is 4.88. The lowest BCUT2D eigenvalue weighted by atomic mass is 9.81. The van der Waals surface area contributed by atoms with Crippen LogP contribution in [0.3, 0.4) is 0 Å². The van der Waals surface area contributed by atoms with Gasteiger partial charge >= 0.3 is 0 Å². The molecule has 3 fully saturated rings. The fourth-order valence-electron chi connectivity index (χ4n) is 3.90. The van der Waals surface area contributed by atoms with Gasteiger partial charge in [0.1, 0.15) is 0 Å². The summed E-state index contributed by atoms with van der Waals surface area (Å²) in [7, 11) is 0. The Kier molecular flexibility index (Phi) is 0.898. The van der Waals surface area contributed by atoms with Crippen LogP contribution >= 0.6 is 0 Å². The molecule has 3 rings (SSSR count). The van der Waals surface area contributed by atoms with Gasteiger partial charge in [0, 0.05) is 0 Å². The highest BCUT2D eigenvalue weighted by molar-refractivity contribution is 5.09. The Hall–Kier alpha value is 0. The van der Waals surface area contributed by atoms with Crippen LogP contribution in [-0.4, -0.2) is 0 Å². The molecular formula is C10H16. The molecule has 0 aromatic carbocycles. The van der Waals surface area contributed by atoms with Crippen molar-refractivity contribution >= 4 is 0 Å². The van der Waals surface area contributed by atoms with Gasteiger partial charge in [0.2, 0.25) is 0 Å². The summed E-state index contributed by atoms with van der Waals surface area (Å²) in [6.07, 6.45) is 6.28. The van der Waals surface area contributed by atoms with E-state index in [4.69, 9.17) is 0 Å². The van der Waals surface area contributed by atoms with Gasteiger partial charge in [-0.15, -0.1) is 0 Å². The van der Waals surface area contributed by atoms with Gasteiger partial charge in [-0.3, -0.25) is 0 Å². The van der Waals surface area contributed by atoms with Crippen LogP contribution in [0.15, 0.2) is 0 Å². The van der Waals surface area contributed by atoms with Crippen LogP contribution in [0, 0.1) is 29.6 Å². The van der Waals surface area contributed by atoms with Crippen molar-refractivity contribution in [1.29, 1.82) is 0 Å². The SMILES string of the molecule is CC1CC2C3CCCC1C32. The summed E-state index contributed by atoms with van der Waals surface area (Å²) in [5.74, 6) is 5.91. The van der Waals surface area contributed by atoms with Gasteiger partial charge in [-0.1, -0.05) is 13.3 Å². The molecule has 5 atom stereocenters. The van der Waals surface area contributed by atoms with Gasteiger partial charge in [-0.2, -0.15) is 0 Å². The van der Waals surface area contributed by atoms with Crippen molar-refractivity contribution in [1.82, 2.24) is 0 Å². The molecule has 0 aliphatic heterocycles. The minimum absolute atomic E-state index is 1.09. The minimum atomic E-state index is 1.09. The molecule has 0 radical (unpaired) electrons. The number of rotatable bonds is 0. The fourth-order valence-corrected chi connectivity index (χ4v) is 3.90. The molecule has 0 aromatic heterocycles. The third kappa shape index (κ3) is 0.500. The van der Waals surface area contributed by atoms with E-state index in [-0.39, 0.29) is 0 Å².